The fraction of sp³-hybridized carbons (Fsp3) is 0.414. The first kappa shape index (κ1) is 61.1. The van der Waals surface area contributed by atoms with Crippen molar-refractivity contribution >= 4 is 92.0 Å². The molecule has 0 spiro atoms. The molecule has 0 saturated carbocycles. The first-order valence-electron chi connectivity index (χ1n) is 15.1. The topological polar surface area (TPSA) is 312 Å². The van der Waals surface area contributed by atoms with Crippen LogP contribution < -0.4 is 28.1 Å². The SMILES string of the molecule is CC(=O)O.CC(=O)O.CCOP(=O)(OCC)c1ncccc1N.CCOP(OCC)OCC.Cl.Nc1cccnc1Br.Nc1cccnc1P(=O)(O)O.[Pd]. The molecule has 25 heteroatoms. The second-order valence-corrected chi connectivity index (χ2v) is 14.0. The number of aliphatic carboxylic acids is 2. The second kappa shape index (κ2) is 36.5. The van der Waals surface area contributed by atoms with Gasteiger partial charge in [-0.25, -0.2) is 15.0 Å². The number of carbonyl (C=O) groups is 2. The Morgan fingerprint density at radius 2 is 1.00 bits per heavy atom. The summed E-state index contributed by atoms with van der Waals surface area (Å²) in [4.78, 5) is 46.6. The molecule has 0 aliphatic heterocycles. The van der Waals surface area contributed by atoms with Crippen LogP contribution >= 0.6 is 52.1 Å². The molecule has 0 saturated heterocycles. The van der Waals surface area contributed by atoms with Crippen LogP contribution in [0.1, 0.15) is 48.5 Å². The molecule has 3 rings (SSSR count). The first-order valence-corrected chi connectivity index (χ1v) is 20.1. The van der Waals surface area contributed by atoms with Crippen molar-refractivity contribution in [3.05, 3.63) is 59.6 Å². The van der Waals surface area contributed by atoms with E-state index in [1.807, 2.05) is 20.8 Å². The Labute approximate surface area is 345 Å². The van der Waals surface area contributed by atoms with Crippen LogP contribution in [0.4, 0.5) is 17.1 Å². The van der Waals surface area contributed by atoms with E-state index >= 15 is 0 Å². The van der Waals surface area contributed by atoms with Crippen molar-refractivity contribution in [1.82, 2.24) is 15.0 Å². The van der Waals surface area contributed by atoms with Gasteiger partial charge in [-0.05, 0) is 86.9 Å². The molecule has 0 amide bonds. The van der Waals surface area contributed by atoms with Gasteiger partial charge in [-0.15, -0.1) is 12.4 Å². The number of anilines is 3. The Morgan fingerprint density at radius 1 is 0.685 bits per heavy atom. The number of aromatic nitrogens is 3. The number of nitrogen functional groups attached to an aromatic ring is 3. The quantitative estimate of drug-likeness (QED) is 0.0681. The molecular weight excluding hydrogens is 955 g/mol. The third-order valence-corrected chi connectivity index (χ3v) is 9.34. The van der Waals surface area contributed by atoms with Crippen LogP contribution in [0.5, 0.6) is 0 Å². The Morgan fingerprint density at radius 3 is 1.22 bits per heavy atom. The minimum Gasteiger partial charge on any atom is -0.481 e. The first-order chi connectivity index (χ1) is 24.3. The number of carboxylic acids is 2. The Hall–Kier alpha value is -2.17. The molecular formula is C29H51BrClN6O13P3Pd. The van der Waals surface area contributed by atoms with E-state index in [9.17, 15) is 9.13 Å². The largest absolute Gasteiger partial charge is 0.481 e. The smallest absolute Gasteiger partial charge is 0.381 e. The number of pyridine rings is 3. The maximum absolute atomic E-state index is 12.2. The van der Waals surface area contributed by atoms with E-state index in [1.54, 1.807) is 44.3 Å². The molecule has 0 fully saturated rings. The maximum Gasteiger partial charge on any atom is 0.381 e. The van der Waals surface area contributed by atoms with Crippen molar-refractivity contribution in [2.45, 2.75) is 48.5 Å². The van der Waals surface area contributed by atoms with E-state index in [1.165, 1.54) is 24.5 Å². The molecule has 0 atom stereocenters. The van der Waals surface area contributed by atoms with E-state index in [4.69, 9.17) is 69.4 Å². The van der Waals surface area contributed by atoms with E-state index < -0.39 is 35.7 Å². The van der Waals surface area contributed by atoms with Gasteiger partial charge in [0.15, 0.2) is 10.9 Å². The Kier molecular flexibility index (Phi) is 41.2. The van der Waals surface area contributed by atoms with Crippen LogP contribution in [0.15, 0.2) is 59.6 Å². The molecule has 3 aromatic rings. The summed E-state index contributed by atoms with van der Waals surface area (Å²) in [7, 11) is -8.70. The molecule has 54 heavy (non-hydrogen) atoms. The number of hydrogen-bond acceptors (Lipinski definition) is 15. The molecule has 314 valence electrons. The zero-order valence-electron chi connectivity index (χ0n) is 30.7. The van der Waals surface area contributed by atoms with Crippen molar-refractivity contribution in [2.24, 2.45) is 0 Å². The standard InChI is InChI=1S/C9H15N2O3P.C6H15O3P.C5H5BrN2.C5H7N2O3P.2C2H4O2.ClH.Pd/c1-3-13-15(12,14-4-2)9-8(10)6-5-7-11-9;1-4-7-10(8-5-2)9-6-3;6-5-4(7)2-1-3-8-5;6-4-2-1-3-7-5(4)11(8,9)10;2*1-2(3)4;;/h5-7H,3-4,10H2,1-2H3;4-6H2,1-3H3;1-3H,7H2;1-3H,6H2,(H2,8,9,10);2*1H3,(H,3,4);1H;. The number of hydrogen-bond donors (Lipinski definition) is 7. The van der Waals surface area contributed by atoms with Crippen molar-refractivity contribution < 1.29 is 81.8 Å². The summed E-state index contributed by atoms with van der Waals surface area (Å²) >= 11 is 3.16. The van der Waals surface area contributed by atoms with Gasteiger partial charge in [-0.3, -0.25) is 18.7 Å². The Bertz CT molecular complexity index is 1460. The van der Waals surface area contributed by atoms with Crippen LogP contribution in [-0.2, 0) is 61.8 Å². The average Bonchev–Trinajstić information content (AvgIpc) is 3.03. The molecule has 0 aromatic carbocycles. The molecule has 0 radical (unpaired) electrons. The van der Waals surface area contributed by atoms with E-state index in [2.05, 4.69) is 30.9 Å². The zero-order valence-corrected chi connectivity index (χ0v) is 37.4. The van der Waals surface area contributed by atoms with E-state index in [0.717, 1.165) is 13.8 Å². The summed E-state index contributed by atoms with van der Waals surface area (Å²) in [5.74, 6) is -1.67. The zero-order chi connectivity index (χ0) is 40.8. The third-order valence-electron chi connectivity index (χ3n) is 4.26. The summed E-state index contributed by atoms with van der Waals surface area (Å²) in [6.45, 7) is 13.9. The molecule has 0 unspecified atom stereocenters. The van der Waals surface area contributed by atoms with Crippen molar-refractivity contribution in [1.29, 1.82) is 0 Å². The number of carboxylic acid groups (broad SMARTS) is 2. The monoisotopic (exact) mass is 1000 g/mol. The van der Waals surface area contributed by atoms with Gasteiger partial charge in [0.1, 0.15) is 4.60 Å². The molecule has 3 heterocycles. The summed E-state index contributed by atoms with van der Waals surface area (Å²) in [5.41, 5.74) is 17.2. The normalized spacial score (nSPS) is 9.83. The molecule has 0 bridgehead atoms. The minimum absolute atomic E-state index is 0. The van der Waals surface area contributed by atoms with Crippen LogP contribution in [0, 0.1) is 0 Å². The third kappa shape index (κ3) is 33.2. The van der Waals surface area contributed by atoms with Gasteiger partial charge in [-0.2, -0.15) is 0 Å². The molecule has 19 nitrogen and oxygen atoms in total. The van der Waals surface area contributed by atoms with E-state index in [-0.39, 0.29) is 62.6 Å². The fourth-order valence-corrected chi connectivity index (χ4v) is 5.95. The van der Waals surface area contributed by atoms with E-state index in [0.29, 0.717) is 35.8 Å². The van der Waals surface area contributed by atoms with Crippen molar-refractivity contribution in [3.8, 4) is 0 Å². The van der Waals surface area contributed by atoms with Crippen LogP contribution in [0.2, 0.25) is 0 Å². The summed E-state index contributed by atoms with van der Waals surface area (Å²) in [6.07, 6.45) is 4.47. The van der Waals surface area contributed by atoms with Gasteiger partial charge in [0.05, 0.1) is 50.1 Å². The number of nitrogens with zero attached hydrogens (tertiary/aromatic N) is 3. The summed E-state index contributed by atoms with van der Waals surface area (Å²) in [5, 5.41) is 14.8. The fourth-order valence-electron chi connectivity index (χ4n) is 2.62. The van der Waals surface area contributed by atoms with Gasteiger partial charge in [0.2, 0.25) is 0 Å². The molecule has 0 aliphatic carbocycles. The van der Waals surface area contributed by atoms with Crippen molar-refractivity contribution in [2.75, 3.05) is 50.2 Å². The summed E-state index contributed by atoms with van der Waals surface area (Å²) in [6, 6.07) is 9.77. The average molecular weight is 1010 g/mol. The molecule has 3 aromatic heterocycles. The number of rotatable bonds is 12. The molecule has 0 aliphatic rings. The predicted octanol–water partition coefficient (Wildman–Crippen LogP) is 5.37. The van der Waals surface area contributed by atoms with Crippen LogP contribution in [0.25, 0.3) is 0 Å². The van der Waals surface area contributed by atoms with Gasteiger partial charge in [0, 0.05) is 52.9 Å². The number of nitrogens with two attached hydrogens (primary N) is 3. The minimum atomic E-state index is -4.29. The van der Waals surface area contributed by atoms with Gasteiger partial charge in [-0.1, -0.05) is 0 Å². The summed E-state index contributed by atoms with van der Waals surface area (Å²) < 4.78 is 49.2. The van der Waals surface area contributed by atoms with Gasteiger partial charge >= 0.3 is 23.8 Å². The van der Waals surface area contributed by atoms with Gasteiger partial charge in [0.25, 0.3) is 11.9 Å². The van der Waals surface area contributed by atoms with Gasteiger partial charge < -0.3 is 59.8 Å². The second-order valence-electron chi connectivity index (χ2n) is 8.61. The molecule has 10 N–H and O–H groups in total. The van der Waals surface area contributed by atoms with Crippen LogP contribution in [-0.4, -0.2) is 79.9 Å². The van der Waals surface area contributed by atoms with Crippen LogP contribution in [0.3, 0.4) is 0 Å². The number of halogens is 2. The van der Waals surface area contributed by atoms with Crippen molar-refractivity contribution in [3.63, 3.8) is 0 Å². The Balaban J connectivity index is -0.000000186. The maximum atomic E-state index is 12.2. The predicted molar refractivity (Wildman–Crippen MR) is 211 cm³/mol.